The molecular formula is C42H81NO8P+. The number of hydrogen-bond acceptors (Lipinski definition) is 7. The van der Waals surface area contributed by atoms with Crippen molar-refractivity contribution in [3.63, 3.8) is 0 Å². The standard InChI is InChI=1S/C42H80NO8P/c1-6-8-10-12-14-16-18-20-22-24-26-28-30-32-34-41(44)48-38-40(39-50-52(46,47)49-37-36-43(3,4)5)51-42(45)35-33-31-29-27-25-23-21-19-17-15-13-11-9-7-2/h12,14,18,20,40H,6-11,13,15-17,19,21-39H2,1-5H3/p+1/b14-12+,20-18+/t40-/m1/s1. The Balaban J connectivity index is 4.40. The molecule has 0 fully saturated rings. The van der Waals surface area contributed by atoms with Crippen molar-refractivity contribution in [3.05, 3.63) is 24.3 Å². The van der Waals surface area contributed by atoms with Gasteiger partial charge in [0.1, 0.15) is 19.8 Å². The van der Waals surface area contributed by atoms with E-state index in [9.17, 15) is 19.0 Å². The van der Waals surface area contributed by atoms with E-state index in [0.717, 1.165) is 57.8 Å². The number of quaternary nitrogens is 1. The number of unbranched alkanes of at least 4 members (excludes halogenated alkanes) is 20. The second kappa shape index (κ2) is 35.2. The molecule has 0 aromatic carbocycles. The maximum absolute atomic E-state index is 12.7. The third kappa shape index (κ3) is 38.2. The van der Waals surface area contributed by atoms with Gasteiger partial charge in [0, 0.05) is 12.8 Å². The van der Waals surface area contributed by atoms with Gasteiger partial charge < -0.3 is 18.9 Å². The molecule has 0 aliphatic heterocycles. The van der Waals surface area contributed by atoms with E-state index in [2.05, 4.69) is 38.2 Å². The normalized spacial score (nSPS) is 13.9. The van der Waals surface area contributed by atoms with Gasteiger partial charge in [0.2, 0.25) is 0 Å². The van der Waals surface area contributed by atoms with Crippen molar-refractivity contribution < 1.29 is 42.1 Å². The Kier molecular flexibility index (Phi) is 34.2. The fourth-order valence-corrected chi connectivity index (χ4v) is 6.36. The van der Waals surface area contributed by atoms with E-state index in [4.69, 9.17) is 18.5 Å². The summed E-state index contributed by atoms with van der Waals surface area (Å²) in [6.07, 6.45) is 36.4. The van der Waals surface area contributed by atoms with Gasteiger partial charge in [-0.2, -0.15) is 0 Å². The summed E-state index contributed by atoms with van der Waals surface area (Å²) in [5.74, 6) is -0.810. The molecule has 306 valence electrons. The average molecular weight is 759 g/mol. The van der Waals surface area contributed by atoms with Crippen LogP contribution in [0.25, 0.3) is 0 Å². The molecule has 0 aromatic heterocycles. The van der Waals surface area contributed by atoms with E-state index in [0.29, 0.717) is 17.4 Å². The molecule has 0 spiro atoms. The third-order valence-corrected chi connectivity index (χ3v) is 9.97. The van der Waals surface area contributed by atoms with Crippen LogP contribution < -0.4 is 0 Å². The minimum atomic E-state index is -4.37. The predicted molar refractivity (Wildman–Crippen MR) is 215 cm³/mol. The molecule has 0 heterocycles. The number of phosphoric acid groups is 1. The molecule has 0 saturated carbocycles. The fraction of sp³-hybridized carbons (Fsp3) is 0.857. The summed E-state index contributed by atoms with van der Waals surface area (Å²) >= 11 is 0. The van der Waals surface area contributed by atoms with Crippen molar-refractivity contribution in [1.82, 2.24) is 0 Å². The Hall–Kier alpha value is -1.51. The predicted octanol–water partition coefficient (Wildman–Crippen LogP) is 11.6. The maximum atomic E-state index is 12.7. The van der Waals surface area contributed by atoms with E-state index < -0.39 is 26.5 Å². The van der Waals surface area contributed by atoms with Crippen molar-refractivity contribution >= 4 is 19.8 Å². The molecule has 52 heavy (non-hydrogen) atoms. The van der Waals surface area contributed by atoms with Gasteiger partial charge in [-0.25, -0.2) is 4.57 Å². The second-order valence-corrected chi connectivity index (χ2v) is 16.8. The number of esters is 2. The van der Waals surface area contributed by atoms with Gasteiger partial charge >= 0.3 is 19.8 Å². The monoisotopic (exact) mass is 759 g/mol. The Labute approximate surface area is 319 Å². The van der Waals surface area contributed by atoms with Crippen molar-refractivity contribution in [3.8, 4) is 0 Å². The molecule has 1 unspecified atom stereocenters. The van der Waals surface area contributed by atoms with Crippen LogP contribution in [0.5, 0.6) is 0 Å². The summed E-state index contributed by atoms with van der Waals surface area (Å²) < 4.78 is 34.2. The first kappa shape index (κ1) is 50.5. The number of carbonyl (C=O) groups excluding carboxylic acids is 2. The highest BCUT2D eigenvalue weighted by Crippen LogP contribution is 2.43. The lowest BCUT2D eigenvalue weighted by Gasteiger charge is -2.24. The zero-order valence-corrected chi connectivity index (χ0v) is 35.2. The molecule has 0 aliphatic carbocycles. The van der Waals surface area contributed by atoms with Crippen molar-refractivity contribution in [1.29, 1.82) is 0 Å². The smallest absolute Gasteiger partial charge is 0.462 e. The van der Waals surface area contributed by atoms with Crippen LogP contribution in [-0.4, -0.2) is 74.9 Å². The molecule has 0 rings (SSSR count). The fourth-order valence-electron chi connectivity index (χ4n) is 5.62. The lowest BCUT2D eigenvalue weighted by atomic mass is 10.0. The minimum Gasteiger partial charge on any atom is -0.462 e. The highest BCUT2D eigenvalue weighted by Gasteiger charge is 2.27. The number of allylic oxidation sites excluding steroid dienone is 4. The lowest BCUT2D eigenvalue weighted by molar-refractivity contribution is -0.870. The first-order chi connectivity index (χ1) is 25.0. The summed E-state index contributed by atoms with van der Waals surface area (Å²) in [7, 11) is 1.47. The summed E-state index contributed by atoms with van der Waals surface area (Å²) in [6, 6.07) is 0. The van der Waals surface area contributed by atoms with E-state index >= 15 is 0 Å². The minimum absolute atomic E-state index is 0.0311. The number of nitrogens with zero attached hydrogens (tertiary/aromatic N) is 1. The Bertz CT molecular complexity index is 949. The summed E-state index contributed by atoms with van der Waals surface area (Å²) in [6.45, 7) is 4.37. The number of likely N-dealkylation sites (N-methyl/N-ethyl adjacent to an activating group) is 1. The average Bonchev–Trinajstić information content (AvgIpc) is 3.09. The first-order valence-electron chi connectivity index (χ1n) is 21.1. The third-order valence-electron chi connectivity index (χ3n) is 8.98. The molecule has 0 bridgehead atoms. The molecule has 1 N–H and O–H groups in total. The van der Waals surface area contributed by atoms with E-state index in [1.807, 2.05) is 21.1 Å². The number of phosphoric ester groups is 1. The number of ether oxygens (including phenoxy) is 2. The Morgan fingerprint density at radius 2 is 1.06 bits per heavy atom. The second-order valence-electron chi connectivity index (χ2n) is 15.4. The first-order valence-corrected chi connectivity index (χ1v) is 22.6. The van der Waals surface area contributed by atoms with Gasteiger partial charge in [0.25, 0.3) is 0 Å². The van der Waals surface area contributed by atoms with Crippen LogP contribution in [-0.2, 0) is 32.7 Å². The van der Waals surface area contributed by atoms with Gasteiger partial charge in [0.05, 0.1) is 27.7 Å². The van der Waals surface area contributed by atoms with Crippen LogP contribution >= 0.6 is 7.82 Å². The Morgan fingerprint density at radius 3 is 1.58 bits per heavy atom. The van der Waals surface area contributed by atoms with Crippen LogP contribution in [0.15, 0.2) is 24.3 Å². The summed E-state index contributed by atoms with van der Waals surface area (Å²) in [4.78, 5) is 35.3. The highest BCUT2D eigenvalue weighted by atomic mass is 31.2. The van der Waals surface area contributed by atoms with Crippen LogP contribution in [0.3, 0.4) is 0 Å². The van der Waals surface area contributed by atoms with Crippen LogP contribution in [0, 0.1) is 0 Å². The highest BCUT2D eigenvalue weighted by molar-refractivity contribution is 7.47. The quantitative estimate of drug-likeness (QED) is 0.0218. The largest absolute Gasteiger partial charge is 0.472 e. The summed E-state index contributed by atoms with van der Waals surface area (Å²) in [5.41, 5.74) is 0. The Morgan fingerprint density at radius 1 is 0.596 bits per heavy atom. The molecule has 0 aromatic rings. The molecule has 2 atom stereocenters. The van der Waals surface area contributed by atoms with Crippen molar-refractivity contribution in [2.24, 2.45) is 0 Å². The molecule has 0 saturated heterocycles. The molecule has 10 heteroatoms. The number of carbonyl (C=O) groups is 2. The molecule has 0 amide bonds. The maximum Gasteiger partial charge on any atom is 0.472 e. The molecule has 0 radical (unpaired) electrons. The van der Waals surface area contributed by atoms with Crippen LogP contribution in [0.2, 0.25) is 0 Å². The van der Waals surface area contributed by atoms with Gasteiger partial charge in [-0.15, -0.1) is 0 Å². The zero-order valence-electron chi connectivity index (χ0n) is 34.3. The van der Waals surface area contributed by atoms with E-state index in [1.54, 1.807) is 0 Å². The number of hydrogen-bond donors (Lipinski definition) is 1. The molecule has 9 nitrogen and oxygen atoms in total. The van der Waals surface area contributed by atoms with Crippen LogP contribution in [0.4, 0.5) is 0 Å². The van der Waals surface area contributed by atoms with Gasteiger partial charge in [-0.05, 0) is 38.5 Å². The van der Waals surface area contributed by atoms with Gasteiger partial charge in [0.15, 0.2) is 6.10 Å². The summed E-state index contributed by atoms with van der Waals surface area (Å²) in [5, 5.41) is 0. The van der Waals surface area contributed by atoms with Gasteiger partial charge in [-0.3, -0.25) is 18.6 Å². The lowest BCUT2D eigenvalue weighted by Crippen LogP contribution is -2.37. The zero-order chi connectivity index (χ0) is 38.6. The van der Waals surface area contributed by atoms with E-state index in [1.165, 1.54) is 89.9 Å². The van der Waals surface area contributed by atoms with Crippen molar-refractivity contribution in [2.75, 3.05) is 47.5 Å². The number of rotatable bonds is 38. The van der Waals surface area contributed by atoms with Crippen molar-refractivity contribution in [2.45, 2.75) is 187 Å². The van der Waals surface area contributed by atoms with Gasteiger partial charge in [-0.1, -0.05) is 154 Å². The van der Waals surface area contributed by atoms with Crippen LogP contribution in [0.1, 0.15) is 181 Å². The molecular weight excluding hydrogens is 677 g/mol. The SMILES string of the molecule is CCCC/C=C/C/C=C/CCCCCCCC(=O)OC[C@H](COP(=O)(O)OCC[N+](C)(C)C)OC(=O)CCCCCCCCCCCCCCCC. The topological polar surface area (TPSA) is 108 Å². The van der Waals surface area contributed by atoms with E-state index in [-0.39, 0.29) is 32.0 Å². The molecule has 0 aliphatic rings.